The predicted octanol–water partition coefficient (Wildman–Crippen LogP) is 0.702. The van der Waals surface area contributed by atoms with Crippen molar-refractivity contribution in [2.45, 2.75) is 26.8 Å². The molecule has 1 atom stereocenters. The lowest BCUT2D eigenvalue weighted by atomic mass is 10.0. The largest absolute Gasteiger partial charge is 0.497 e. The fourth-order valence-electron chi connectivity index (χ4n) is 2.04. The van der Waals surface area contributed by atoms with E-state index in [0.29, 0.717) is 17.9 Å². The van der Waals surface area contributed by atoms with E-state index in [0.717, 1.165) is 0 Å². The van der Waals surface area contributed by atoms with Crippen LogP contribution in [0.3, 0.4) is 0 Å². The predicted molar refractivity (Wildman–Crippen MR) is 90.8 cm³/mol. The Morgan fingerprint density at radius 1 is 1.08 bits per heavy atom. The number of ether oxygens (including phenoxy) is 1. The van der Waals surface area contributed by atoms with E-state index in [1.54, 1.807) is 38.3 Å². The van der Waals surface area contributed by atoms with E-state index in [4.69, 9.17) is 4.74 Å². The number of carbonyl (C=O) groups excluding carboxylic acids is 3. The Labute approximate surface area is 142 Å². The highest BCUT2D eigenvalue weighted by Crippen LogP contribution is 2.12. The Kier molecular flexibility index (Phi) is 7.74. The molecule has 3 amide bonds. The van der Waals surface area contributed by atoms with E-state index in [2.05, 4.69) is 16.0 Å². The van der Waals surface area contributed by atoms with Gasteiger partial charge in [0, 0.05) is 12.1 Å². The molecule has 7 heteroatoms. The highest BCUT2D eigenvalue weighted by atomic mass is 16.5. The molecule has 7 nitrogen and oxygen atoms in total. The van der Waals surface area contributed by atoms with Crippen LogP contribution in [-0.2, 0) is 9.59 Å². The molecule has 0 aliphatic heterocycles. The van der Waals surface area contributed by atoms with Crippen LogP contribution in [-0.4, -0.2) is 44.0 Å². The van der Waals surface area contributed by atoms with Gasteiger partial charge in [-0.3, -0.25) is 14.4 Å². The molecule has 0 aromatic heterocycles. The summed E-state index contributed by atoms with van der Waals surface area (Å²) in [4.78, 5) is 35.9. The topological polar surface area (TPSA) is 96.5 Å². The van der Waals surface area contributed by atoms with Crippen molar-refractivity contribution in [2.75, 3.05) is 20.2 Å². The summed E-state index contributed by atoms with van der Waals surface area (Å²) in [5.41, 5.74) is 0.429. The third-order valence-electron chi connectivity index (χ3n) is 3.39. The van der Waals surface area contributed by atoms with Crippen LogP contribution < -0.4 is 20.7 Å². The monoisotopic (exact) mass is 335 g/mol. The van der Waals surface area contributed by atoms with Crippen LogP contribution in [0.25, 0.3) is 0 Å². The molecule has 0 unspecified atom stereocenters. The van der Waals surface area contributed by atoms with E-state index < -0.39 is 11.9 Å². The molecule has 0 fully saturated rings. The maximum absolute atomic E-state index is 12.3. The average Bonchev–Trinajstić information content (AvgIpc) is 2.57. The maximum atomic E-state index is 12.3. The van der Waals surface area contributed by atoms with Gasteiger partial charge in [0.2, 0.25) is 11.8 Å². The summed E-state index contributed by atoms with van der Waals surface area (Å²) in [6.45, 7) is 5.83. The minimum Gasteiger partial charge on any atom is -0.497 e. The van der Waals surface area contributed by atoms with Crippen LogP contribution in [0.15, 0.2) is 24.3 Å². The van der Waals surface area contributed by atoms with E-state index >= 15 is 0 Å². The standard InChI is InChI=1S/C17H25N3O4/c1-5-18-14(21)10-19-17(23)15(11(2)3)20-16(22)12-6-8-13(24-4)9-7-12/h6-9,11,15H,5,10H2,1-4H3,(H,18,21)(H,19,23)(H,20,22)/t15-/m0/s1. The van der Waals surface area contributed by atoms with Crippen molar-refractivity contribution in [3.63, 3.8) is 0 Å². The van der Waals surface area contributed by atoms with Crippen LogP contribution in [0.5, 0.6) is 5.75 Å². The summed E-state index contributed by atoms with van der Waals surface area (Å²) in [5, 5.41) is 7.83. The molecule has 0 spiro atoms. The molecule has 0 aliphatic carbocycles. The number of likely N-dealkylation sites (N-methyl/N-ethyl adjacent to an activating group) is 1. The van der Waals surface area contributed by atoms with Gasteiger partial charge in [-0.1, -0.05) is 13.8 Å². The van der Waals surface area contributed by atoms with Gasteiger partial charge in [-0.25, -0.2) is 0 Å². The number of hydrogen-bond donors (Lipinski definition) is 3. The van der Waals surface area contributed by atoms with Gasteiger partial charge in [-0.2, -0.15) is 0 Å². The molecule has 1 rings (SSSR count). The first kappa shape index (κ1) is 19.5. The SMILES string of the molecule is CCNC(=O)CNC(=O)[C@@H](NC(=O)c1ccc(OC)cc1)C(C)C. The molecule has 1 aromatic rings. The first-order valence-electron chi connectivity index (χ1n) is 7.88. The summed E-state index contributed by atoms with van der Waals surface area (Å²) in [5.74, 6) is -0.495. The lowest BCUT2D eigenvalue weighted by Gasteiger charge is -2.21. The van der Waals surface area contributed by atoms with Crippen molar-refractivity contribution in [3.8, 4) is 5.75 Å². The van der Waals surface area contributed by atoms with Gasteiger partial charge in [-0.15, -0.1) is 0 Å². The van der Waals surface area contributed by atoms with Gasteiger partial charge in [0.1, 0.15) is 11.8 Å². The third kappa shape index (κ3) is 5.91. The molecular formula is C17H25N3O4. The van der Waals surface area contributed by atoms with Gasteiger partial charge in [0.25, 0.3) is 5.91 Å². The van der Waals surface area contributed by atoms with Gasteiger partial charge >= 0.3 is 0 Å². The Balaban J connectivity index is 2.68. The molecule has 132 valence electrons. The summed E-state index contributed by atoms with van der Waals surface area (Å²) in [7, 11) is 1.54. The number of rotatable bonds is 8. The Morgan fingerprint density at radius 3 is 2.21 bits per heavy atom. The fraction of sp³-hybridized carbons (Fsp3) is 0.471. The molecule has 1 aromatic carbocycles. The Morgan fingerprint density at radius 2 is 1.71 bits per heavy atom. The zero-order valence-corrected chi connectivity index (χ0v) is 14.5. The number of nitrogens with one attached hydrogen (secondary N) is 3. The zero-order valence-electron chi connectivity index (χ0n) is 14.5. The van der Waals surface area contributed by atoms with Crippen molar-refractivity contribution in [1.82, 2.24) is 16.0 Å². The normalized spacial score (nSPS) is 11.5. The van der Waals surface area contributed by atoms with E-state index in [9.17, 15) is 14.4 Å². The van der Waals surface area contributed by atoms with Gasteiger partial charge in [0.05, 0.1) is 13.7 Å². The molecule has 0 radical (unpaired) electrons. The molecule has 0 saturated carbocycles. The lowest BCUT2D eigenvalue weighted by molar-refractivity contribution is -0.127. The number of amides is 3. The molecule has 0 bridgehead atoms. The number of methoxy groups -OCH3 is 1. The molecule has 3 N–H and O–H groups in total. The van der Waals surface area contributed by atoms with Crippen molar-refractivity contribution in [3.05, 3.63) is 29.8 Å². The third-order valence-corrected chi connectivity index (χ3v) is 3.39. The lowest BCUT2D eigenvalue weighted by Crippen LogP contribution is -2.51. The zero-order chi connectivity index (χ0) is 18.1. The van der Waals surface area contributed by atoms with Crippen LogP contribution in [0.1, 0.15) is 31.1 Å². The van der Waals surface area contributed by atoms with Gasteiger partial charge in [0.15, 0.2) is 0 Å². The quantitative estimate of drug-likeness (QED) is 0.651. The van der Waals surface area contributed by atoms with Gasteiger partial charge in [-0.05, 0) is 37.1 Å². The second-order valence-corrected chi connectivity index (χ2v) is 5.59. The fourth-order valence-corrected chi connectivity index (χ4v) is 2.04. The van der Waals surface area contributed by atoms with Gasteiger partial charge < -0.3 is 20.7 Å². The summed E-state index contributed by atoms with van der Waals surface area (Å²) in [6.07, 6.45) is 0. The second-order valence-electron chi connectivity index (χ2n) is 5.59. The first-order chi connectivity index (χ1) is 11.4. The second kappa shape index (κ2) is 9.54. The highest BCUT2D eigenvalue weighted by Gasteiger charge is 2.24. The number of benzene rings is 1. The van der Waals surface area contributed by atoms with Crippen molar-refractivity contribution >= 4 is 17.7 Å². The van der Waals surface area contributed by atoms with Crippen molar-refractivity contribution in [2.24, 2.45) is 5.92 Å². The molecule has 0 heterocycles. The number of carbonyl (C=O) groups is 3. The summed E-state index contributed by atoms with van der Waals surface area (Å²) in [6, 6.07) is 5.87. The summed E-state index contributed by atoms with van der Waals surface area (Å²) < 4.78 is 5.05. The van der Waals surface area contributed by atoms with Crippen LogP contribution in [0.2, 0.25) is 0 Å². The van der Waals surface area contributed by atoms with Crippen LogP contribution in [0, 0.1) is 5.92 Å². The smallest absolute Gasteiger partial charge is 0.251 e. The van der Waals surface area contributed by atoms with Crippen LogP contribution in [0.4, 0.5) is 0 Å². The molecule has 0 saturated heterocycles. The molecule has 24 heavy (non-hydrogen) atoms. The Bertz CT molecular complexity index is 570. The van der Waals surface area contributed by atoms with Crippen molar-refractivity contribution in [1.29, 1.82) is 0 Å². The van der Waals surface area contributed by atoms with Crippen molar-refractivity contribution < 1.29 is 19.1 Å². The minimum absolute atomic E-state index is 0.117. The Hall–Kier alpha value is -2.57. The number of hydrogen-bond acceptors (Lipinski definition) is 4. The maximum Gasteiger partial charge on any atom is 0.251 e. The summed E-state index contributed by atoms with van der Waals surface area (Å²) >= 11 is 0. The highest BCUT2D eigenvalue weighted by molar-refractivity contribution is 5.98. The average molecular weight is 335 g/mol. The van der Waals surface area contributed by atoms with Crippen LogP contribution >= 0.6 is 0 Å². The minimum atomic E-state index is -0.728. The van der Waals surface area contributed by atoms with E-state index in [1.807, 2.05) is 13.8 Å². The first-order valence-corrected chi connectivity index (χ1v) is 7.88. The molecule has 0 aliphatic rings. The van der Waals surface area contributed by atoms with E-state index in [-0.39, 0.29) is 24.3 Å². The van der Waals surface area contributed by atoms with E-state index in [1.165, 1.54) is 0 Å². The molecular weight excluding hydrogens is 310 g/mol.